The molecule has 3 aliphatic rings. The van der Waals surface area contributed by atoms with Crippen LogP contribution in [0.1, 0.15) is 25.7 Å². The summed E-state index contributed by atoms with van der Waals surface area (Å²) >= 11 is 0. The summed E-state index contributed by atoms with van der Waals surface area (Å²) in [5.74, 6) is -2.30. The molecule has 218 valence electrons. The largest absolute Gasteiger partial charge is 0.480 e. The third kappa shape index (κ3) is 10.7. The summed E-state index contributed by atoms with van der Waals surface area (Å²) in [4.78, 5) is 70.6. The zero-order valence-corrected chi connectivity index (χ0v) is 22.7. The van der Waals surface area contributed by atoms with E-state index in [4.69, 9.17) is 0 Å². The lowest BCUT2D eigenvalue weighted by Crippen LogP contribution is -2.47. The first kappa shape index (κ1) is 30.7. The van der Waals surface area contributed by atoms with Crippen molar-refractivity contribution in [2.75, 3.05) is 98.2 Å². The van der Waals surface area contributed by atoms with Gasteiger partial charge in [-0.05, 0) is 12.8 Å². The lowest BCUT2D eigenvalue weighted by molar-refractivity contribution is -0.140. The van der Waals surface area contributed by atoms with E-state index in [1.54, 1.807) is 0 Å². The molecule has 0 aromatic rings. The highest BCUT2D eigenvalue weighted by atomic mass is 16.4. The molecule has 0 aromatic heterocycles. The highest BCUT2D eigenvalue weighted by Crippen LogP contribution is 2.10. The topological polar surface area (TPSA) is 145 Å². The van der Waals surface area contributed by atoms with Crippen LogP contribution in [0.3, 0.4) is 0 Å². The van der Waals surface area contributed by atoms with Crippen LogP contribution in [0.25, 0.3) is 0 Å². The van der Waals surface area contributed by atoms with E-state index in [9.17, 15) is 34.2 Å². The van der Waals surface area contributed by atoms with E-state index in [0.29, 0.717) is 91.3 Å². The number of nitrogens with zero attached hydrogens (tertiary/aromatic N) is 6. The molecule has 0 radical (unpaired) electrons. The van der Waals surface area contributed by atoms with Gasteiger partial charge in [-0.25, -0.2) is 0 Å². The Morgan fingerprint density at radius 1 is 0.615 bits per heavy atom. The number of carboxylic acids is 2. The minimum Gasteiger partial charge on any atom is -0.480 e. The number of amides is 3. The molecule has 13 heteroatoms. The SMILES string of the molecule is O=C(O)CN1CCN2CCN(CCN(CC(=O)O)CC1)CCN(C(=O)CCCCCN1C(=O)C=CC1=O)CC2. The predicted octanol–water partition coefficient (Wildman–Crippen LogP) is -1.30. The number of carbonyl (C=O) groups is 5. The molecule has 2 unspecified atom stereocenters. The van der Waals surface area contributed by atoms with Gasteiger partial charge in [0.1, 0.15) is 0 Å². The van der Waals surface area contributed by atoms with Gasteiger partial charge < -0.3 is 15.1 Å². The molecular formula is C26H42N6O7. The van der Waals surface area contributed by atoms with Gasteiger partial charge in [0.25, 0.3) is 11.8 Å². The monoisotopic (exact) mass is 550 g/mol. The number of fused-ring (bicyclic) bond motifs is 3. The van der Waals surface area contributed by atoms with Crippen LogP contribution >= 0.6 is 0 Å². The number of aliphatic carboxylic acids is 2. The molecule has 2 atom stereocenters. The molecule has 3 rings (SSSR count). The zero-order valence-electron chi connectivity index (χ0n) is 22.7. The summed E-state index contributed by atoms with van der Waals surface area (Å²) in [5.41, 5.74) is 0. The maximum atomic E-state index is 13.1. The standard InChI is InChI=1S/C26H42N6O7/c33-22(4-2-1-3-7-32-23(34)5-6-24(32)35)31-18-16-27-8-9-28(17-19-31)11-13-30(21-26(38)39)15-14-29(12-10-27)20-25(36)37/h5-6H,1-4,7-21H2,(H,36,37)(H,38,39). The second-order valence-electron chi connectivity index (χ2n) is 10.4. The minimum atomic E-state index is -0.908. The predicted molar refractivity (Wildman–Crippen MR) is 142 cm³/mol. The van der Waals surface area contributed by atoms with Gasteiger partial charge >= 0.3 is 11.9 Å². The minimum absolute atomic E-state index is 0.0797. The third-order valence-electron chi connectivity index (χ3n) is 7.55. The van der Waals surface area contributed by atoms with Gasteiger partial charge in [-0.3, -0.25) is 48.5 Å². The summed E-state index contributed by atoms with van der Waals surface area (Å²) in [6, 6.07) is 0. The summed E-state index contributed by atoms with van der Waals surface area (Å²) < 4.78 is 0. The molecule has 13 nitrogen and oxygen atoms in total. The van der Waals surface area contributed by atoms with Crippen molar-refractivity contribution in [3.8, 4) is 0 Å². The molecule has 0 saturated carbocycles. The molecule has 2 N–H and O–H groups in total. The van der Waals surface area contributed by atoms with Gasteiger partial charge in [0.15, 0.2) is 0 Å². The smallest absolute Gasteiger partial charge is 0.317 e. The van der Waals surface area contributed by atoms with Crippen LogP contribution in [0.4, 0.5) is 0 Å². The molecule has 3 aliphatic heterocycles. The van der Waals surface area contributed by atoms with Crippen molar-refractivity contribution in [1.82, 2.24) is 29.4 Å². The normalized spacial score (nSPS) is 24.1. The van der Waals surface area contributed by atoms with Crippen LogP contribution in [0.2, 0.25) is 0 Å². The Balaban J connectivity index is 1.55. The fourth-order valence-corrected chi connectivity index (χ4v) is 5.14. The molecule has 39 heavy (non-hydrogen) atoms. The first-order valence-electron chi connectivity index (χ1n) is 13.9. The van der Waals surface area contributed by atoms with Crippen LogP contribution in [0.15, 0.2) is 12.2 Å². The van der Waals surface area contributed by atoms with Gasteiger partial charge in [-0.1, -0.05) is 6.42 Å². The second kappa shape index (κ2) is 15.7. The van der Waals surface area contributed by atoms with Crippen LogP contribution in [0.5, 0.6) is 0 Å². The van der Waals surface area contributed by atoms with Crippen molar-refractivity contribution in [2.45, 2.75) is 25.7 Å². The Labute approximate surface area is 229 Å². The van der Waals surface area contributed by atoms with Crippen LogP contribution in [0, 0.1) is 0 Å². The van der Waals surface area contributed by atoms with Crippen molar-refractivity contribution >= 4 is 29.7 Å². The molecule has 0 spiro atoms. The summed E-state index contributed by atoms with van der Waals surface area (Å²) in [6.07, 6.45) is 5.04. The molecule has 3 amide bonds. The fraction of sp³-hybridized carbons (Fsp3) is 0.731. The van der Waals surface area contributed by atoms with E-state index in [0.717, 1.165) is 19.5 Å². The highest BCUT2D eigenvalue weighted by Gasteiger charge is 2.24. The fourth-order valence-electron chi connectivity index (χ4n) is 5.14. The summed E-state index contributed by atoms with van der Waals surface area (Å²) in [7, 11) is 0. The van der Waals surface area contributed by atoms with Gasteiger partial charge in [-0.2, -0.15) is 0 Å². The lowest BCUT2D eigenvalue weighted by Gasteiger charge is -2.32. The molecule has 2 fully saturated rings. The van der Waals surface area contributed by atoms with E-state index in [2.05, 4.69) is 9.80 Å². The second-order valence-corrected chi connectivity index (χ2v) is 10.4. The van der Waals surface area contributed by atoms with E-state index in [1.165, 1.54) is 17.1 Å². The van der Waals surface area contributed by atoms with Crippen LogP contribution < -0.4 is 0 Å². The molecule has 2 bridgehead atoms. The van der Waals surface area contributed by atoms with Crippen molar-refractivity contribution in [3.05, 3.63) is 12.2 Å². The Kier molecular flexibility index (Phi) is 12.3. The number of carbonyl (C=O) groups excluding carboxylic acids is 3. The molecule has 2 saturated heterocycles. The molecule has 3 heterocycles. The van der Waals surface area contributed by atoms with E-state index in [1.807, 2.05) is 14.7 Å². The Morgan fingerprint density at radius 3 is 1.54 bits per heavy atom. The number of imide groups is 1. The number of hydrogen-bond donors (Lipinski definition) is 2. The first-order valence-corrected chi connectivity index (χ1v) is 13.9. The van der Waals surface area contributed by atoms with E-state index < -0.39 is 11.9 Å². The maximum absolute atomic E-state index is 13.1. The average Bonchev–Trinajstić information content (AvgIpc) is 3.24. The van der Waals surface area contributed by atoms with Gasteiger partial charge in [0.05, 0.1) is 13.1 Å². The summed E-state index contributed by atoms with van der Waals surface area (Å²) in [5, 5.41) is 18.7. The Morgan fingerprint density at radius 2 is 1.05 bits per heavy atom. The molecular weight excluding hydrogens is 508 g/mol. The zero-order chi connectivity index (χ0) is 28.2. The molecule has 0 aliphatic carbocycles. The number of carboxylic acid groups (broad SMARTS) is 2. The Bertz CT molecular complexity index is 855. The van der Waals surface area contributed by atoms with Crippen molar-refractivity contribution in [1.29, 1.82) is 0 Å². The Hall–Kier alpha value is -2.87. The summed E-state index contributed by atoms with van der Waals surface area (Å²) in [6.45, 7) is 7.79. The number of unbranched alkanes of at least 4 members (excludes halogenated alkanes) is 2. The van der Waals surface area contributed by atoms with Crippen molar-refractivity contribution in [2.24, 2.45) is 0 Å². The highest BCUT2D eigenvalue weighted by molar-refractivity contribution is 6.12. The lowest BCUT2D eigenvalue weighted by atomic mass is 10.1. The number of hydrogen-bond acceptors (Lipinski definition) is 9. The van der Waals surface area contributed by atoms with Crippen LogP contribution in [-0.4, -0.2) is 167 Å². The van der Waals surface area contributed by atoms with Crippen molar-refractivity contribution in [3.63, 3.8) is 0 Å². The third-order valence-corrected chi connectivity index (χ3v) is 7.55. The average molecular weight is 551 g/mol. The number of rotatable bonds is 10. The maximum Gasteiger partial charge on any atom is 0.317 e. The van der Waals surface area contributed by atoms with Gasteiger partial charge in [-0.15, -0.1) is 0 Å². The van der Waals surface area contributed by atoms with E-state index >= 15 is 0 Å². The van der Waals surface area contributed by atoms with E-state index in [-0.39, 0.29) is 30.8 Å². The quantitative estimate of drug-likeness (QED) is 0.247. The van der Waals surface area contributed by atoms with Gasteiger partial charge in [0.2, 0.25) is 5.91 Å². The molecule has 0 aromatic carbocycles. The van der Waals surface area contributed by atoms with Gasteiger partial charge in [0, 0.05) is 104 Å². The van der Waals surface area contributed by atoms with Crippen LogP contribution in [-0.2, 0) is 24.0 Å². The van der Waals surface area contributed by atoms with Crippen molar-refractivity contribution < 1.29 is 34.2 Å². The first-order chi connectivity index (χ1) is 18.7.